The molecule has 0 saturated heterocycles. The van der Waals surface area contributed by atoms with Gasteiger partial charge in [-0.2, -0.15) is 4.98 Å². The van der Waals surface area contributed by atoms with E-state index in [1.165, 1.54) is 0 Å². The van der Waals surface area contributed by atoms with Crippen molar-refractivity contribution in [3.05, 3.63) is 35.2 Å². The van der Waals surface area contributed by atoms with Crippen LogP contribution in [0.25, 0.3) is 11.4 Å². The monoisotopic (exact) mass is 378 g/mol. The summed E-state index contributed by atoms with van der Waals surface area (Å²) in [6, 6.07) is 6.46. The standard InChI is InChI=1S/C18H23ClN4O3/c1-12(20-17(25)23(2)10-18(11-24)8-3-9-18)16-21-15(22-26-16)13-4-6-14(19)7-5-13/h4-7,12,24H,3,8-11H2,1-2H3,(H,20,25)/t12-/m0/s1. The maximum Gasteiger partial charge on any atom is 0.317 e. The van der Waals surface area contributed by atoms with Crippen LogP contribution >= 0.6 is 11.6 Å². The Kier molecular flexibility index (Phi) is 5.48. The normalized spacial score (nSPS) is 16.6. The zero-order valence-corrected chi connectivity index (χ0v) is 15.7. The lowest BCUT2D eigenvalue weighted by atomic mass is 9.69. The Bertz CT molecular complexity index is 753. The van der Waals surface area contributed by atoms with Crippen molar-refractivity contribution in [3.8, 4) is 11.4 Å². The summed E-state index contributed by atoms with van der Waals surface area (Å²) in [5.41, 5.74) is 0.636. The van der Waals surface area contributed by atoms with Crippen LogP contribution in [0.3, 0.4) is 0 Å². The summed E-state index contributed by atoms with van der Waals surface area (Å²) in [5, 5.41) is 17.0. The number of aliphatic hydroxyl groups excluding tert-OH is 1. The first-order valence-corrected chi connectivity index (χ1v) is 9.02. The molecule has 0 unspecified atom stereocenters. The largest absolute Gasteiger partial charge is 0.396 e. The predicted molar refractivity (Wildman–Crippen MR) is 97.7 cm³/mol. The molecule has 1 aliphatic carbocycles. The summed E-state index contributed by atoms with van der Waals surface area (Å²) in [4.78, 5) is 18.3. The third-order valence-electron chi connectivity index (χ3n) is 4.92. The second kappa shape index (κ2) is 7.63. The van der Waals surface area contributed by atoms with Gasteiger partial charge in [0, 0.05) is 29.6 Å². The number of amides is 2. The van der Waals surface area contributed by atoms with E-state index in [0.717, 1.165) is 24.8 Å². The molecule has 1 saturated carbocycles. The number of nitrogens with one attached hydrogen (secondary N) is 1. The molecule has 3 rings (SSSR count). The van der Waals surface area contributed by atoms with E-state index in [9.17, 15) is 9.90 Å². The molecule has 0 radical (unpaired) electrons. The highest BCUT2D eigenvalue weighted by atomic mass is 35.5. The lowest BCUT2D eigenvalue weighted by molar-refractivity contribution is 0.0226. The van der Waals surface area contributed by atoms with Gasteiger partial charge in [0.2, 0.25) is 11.7 Å². The van der Waals surface area contributed by atoms with Crippen LogP contribution in [0.2, 0.25) is 5.02 Å². The average Bonchev–Trinajstić information content (AvgIpc) is 3.08. The molecule has 8 heteroatoms. The van der Waals surface area contributed by atoms with Crippen molar-refractivity contribution in [3.63, 3.8) is 0 Å². The van der Waals surface area contributed by atoms with Crippen LogP contribution in [0.5, 0.6) is 0 Å². The minimum Gasteiger partial charge on any atom is -0.396 e. The fourth-order valence-electron chi connectivity index (χ4n) is 3.10. The van der Waals surface area contributed by atoms with E-state index in [-0.39, 0.29) is 18.1 Å². The van der Waals surface area contributed by atoms with Crippen LogP contribution in [-0.4, -0.2) is 46.4 Å². The quantitative estimate of drug-likeness (QED) is 0.805. The number of aromatic nitrogens is 2. The van der Waals surface area contributed by atoms with Crippen LogP contribution in [0, 0.1) is 5.41 Å². The van der Waals surface area contributed by atoms with Gasteiger partial charge in [-0.1, -0.05) is 23.2 Å². The SMILES string of the molecule is C[C@H](NC(=O)N(C)CC1(CO)CCC1)c1nc(-c2ccc(Cl)cc2)no1. The van der Waals surface area contributed by atoms with Crippen LogP contribution in [0.4, 0.5) is 4.79 Å². The smallest absolute Gasteiger partial charge is 0.317 e. The van der Waals surface area contributed by atoms with Gasteiger partial charge < -0.3 is 19.8 Å². The fourth-order valence-corrected chi connectivity index (χ4v) is 3.23. The van der Waals surface area contributed by atoms with E-state index >= 15 is 0 Å². The number of hydrogen-bond donors (Lipinski definition) is 2. The van der Waals surface area contributed by atoms with E-state index in [1.54, 1.807) is 43.1 Å². The van der Waals surface area contributed by atoms with E-state index < -0.39 is 6.04 Å². The van der Waals surface area contributed by atoms with Crippen LogP contribution in [0.15, 0.2) is 28.8 Å². The molecule has 1 aliphatic rings. The lowest BCUT2D eigenvalue weighted by Crippen LogP contribution is -2.48. The molecule has 1 atom stereocenters. The molecular formula is C18H23ClN4O3. The molecular weight excluding hydrogens is 356 g/mol. The molecule has 26 heavy (non-hydrogen) atoms. The molecule has 2 aromatic rings. The van der Waals surface area contributed by atoms with Gasteiger partial charge in [-0.05, 0) is 44.0 Å². The number of aliphatic hydroxyl groups is 1. The molecule has 1 heterocycles. The third kappa shape index (κ3) is 3.99. The number of carbonyl (C=O) groups is 1. The van der Waals surface area contributed by atoms with Gasteiger partial charge in [-0.15, -0.1) is 0 Å². The van der Waals surface area contributed by atoms with Gasteiger partial charge in [0.15, 0.2) is 0 Å². The number of rotatable bonds is 6. The number of benzene rings is 1. The lowest BCUT2D eigenvalue weighted by Gasteiger charge is -2.42. The van der Waals surface area contributed by atoms with Gasteiger partial charge >= 0.3 is 6.03 Å². The van der Waals surface area contributed by atoms with Gasteiger partial charge in [-0.25, -0.2) is 4.79 Å². The van der Waals surface area contributed by atoms with E-state index in [0.29, 0.717) is 23.3 Å². The van der Waals surface area contributed by atoms with Crippen LogP contribution < -0.4 is 5.32 Å². The Morgan fingerprint density at radius 2 is 2.12 bits per heavy atom. The molecule has 1 aromatic carbocycles. The van der Waals surface area contributed by atoms with Gasteiger partial charge in [0.1, 0.15) is 6.04 Å². The Morgan fingerprint density at radius 1 is 1.42 bits per heavy atom. The Balaban J connectivity index is 1.60. The Morgan fingerprint density at radius 3 is 2.69 bits per heavy atom. The molecule has 140 valence electrons. The second-order valence-electron chi connectivity index (χ2n) is 7.00. The minimum atomic E-state index is -0.426. The Labute approximate surface area is 157 Å². The third-order valence-corrected chi connectivity index (χ3v) is 5.18. The summed E-state index contributed by atoms with van der Waals surface area (Å²) >= 11 is 5.88. The molecule has 0 bridgehead atoms. The number of nitrogens with zero attached hydrogens (tertiary/aromatic N) is 3. The topological polar surface area (TPSA) is 91.5 Å². The summed E-state index contributed by atoms with van der Waals surface area (Å²) in [6.45, 7) is 2.42. The number of urea groups is 1. The maximum atomic E-state index is 12.4. The number of hydrogen-bond acceptors (Lipinski definition) is 5. The summed E-state index contributed by atoms with van der Waals surface area (Å²) in [6.07, 6.45) is 3.00. The first-order chi connectivity index (χ1) is 12.4. The highest BCUT2D eigenvalue weighted by Gasteiger charge is 2.38. The highest BCUT2D eigenvalue weighted by molar-refractivity contribution is 6.30. The molecule has 0 aliphatic heterocycles. The van der Waals surface area contributed by atoms with Crippen molar-refractivity contribution in [1.82, 2.24) is 20.4 Å². The minimum absolute atomic E-state index is 0.105. The maximum absolute atomic E-state index is 12.4. The van der Waals surface area contributed by atoms with Crippen molar-refractivity contribution >= 4 is 17.6 Å². The summed E-state index contributed by atoms with van der Waals surface area (Å²) in [5.74, 6) is 0.775. The highest BCUT2D eigenvalue weighted by Crippen LogP contribution is 2.40. The number of carbonyl (C=O) groups excluding carboxylic acids is 1. The van der Waals surface area contributed by atoms with E-state index in [1.807, 2.05) is 0 Å². The predicted octanol–water partition coefficient (Wildman–Crippen LogP) is 3.26. The van der Waals surface area contributed by atoms with Crippen molar-refractivity contribution in [2.45, 2.75) is 32.2 Å². The summed E-state index contributed by atoms with van der Waals surface area (Å²) < 4.78 is 5.28. The molecule has 1 fully saturated rings. The zero-order valence-electron chi connectivity index (χ0n) is 14.9. The van der Waals surface area contributed by atoms with E-state index in [2.05, 4.69) is 15.5 Å². The molecule has 7 nitrogen and oxygen atoms in total. The van der Waals surface area contributed by atoms with Gasteiger partial charge in [-0.3, -0.25) is 0 Å². The first kappa shape index (κ1) is 18.7. The molecule has 1 aromatic heterocycles. The van der Waals surface area contributed by atoms with Gasteiger partial charge in [0.05, 0.1) is 6.61 Å². The fraction of sp³-hybridized carbons (Fsp3) is 0.500. The Hall–Kier alpha value is -2.12. The van der Waals surface area contributed by atoms with Crippen LogP contribution in [-0.2, 0) is 0 Å². The van der Waals surface area contributed by atoms with Crippen molar-refractivity contribution in [2.24, 2.45) is 5.41 Å². The van der Waals surface area contributed by atoms with E-state index in [4.69, 9.17) is 16.1 Å². The van der Waals surface area contributed by atoms with Crippen molar-refractivity contribution < 1.29 is 14.4 Å². The molecule has 2 amide bonds. The van der Waals surface area contributed by atoms with Crippen molar-refractivity contribution in [1.29, 1.82) is 0 Å². The summed E-state index contributed by atoms with van der Waals surface area (Å²) in [7, 11) is 1.73. The first-order valence-electron chi connectivity index (χ1n) is 8.64. The molecule has 2 N–H and O–H groups in total. The van der Waals surface area contributed by atoms with Crippen LogP contribution in [0.1, 0.15) is 38.1 Å². The second-order valence-corrected chi connectivity index (χ2v) is 7.44. The zero-order chi connectivity index (χ0) is 18.7. The number of halogens is 1. The van der Waals surface area contributed by atoms with Gasteiger partial charge in [0.25, 0.3) is 0 Å². The average molecular weight is 379 g/mol. The molecule has 0 spiro atoms. The van der Waals surface area contributed by atoms with Crippen molar-refractivity contribution in [2.75, 3.05) is 20.2 Å².